The van der Waals surface area contributed by atoms with Crippen LogP contribution in [0.15, 0.2) is 6.20 Å². The summed E-state index contributed by atoms with van der Waals surface area (Å²) in [6, 6.07) is 0.255. The molecule has 1 aromatic heterocycles. The second kappa shape index (κ2) is 6.12. The van der Waals surface area contributed by atoms with Gasteiger partial charge in [-0.05, 0) is 26.4 Å². The lowest BCUT2D eigenvalue weighted by molar-refractivity contribution is 0.0638. The Balaban J connectivity index is 2.01. The van der Waals surface area contributed by atoms with Gasteiger partial charge in [-0.2, -0.15) is 0 Å². The number of hydrogen-bond acceptors (Lipinski definition) is 5. The Morgan fingerprint density at radius 2 is 2.42 bits per heavy atom. The fraction of sp³-hybridized carbons (Fsp3) is 0.750. The summed E-state index contributed by atoms with van der Waals surface area (Å²) in [6.07, 6.45) is 3.83. The maximum Gasteiger partial charge on any atom is 0.276 e. The van der Waals surface area contributed by atoms with Crippen molar-refractivity contribution in [3.63, 3.8) is 0 Å². The number of nitrogens with two attached hydrogens (primary N) is 1. The number of carbonyl (C=O) groups excluding carboxylic acids is 1. The summed E-state index contributed by atoms with van der Waals surface area (Å²) >= 11 is 0. The van der Waals surface area contributed by atoms with Crippen molar-refractivity contribution in [3.05, 3.63) is 11.9 Å². The van der Waals surface area contributed by atoms with Gasteiger partial charge in [0.25, 0.3) is 5.91 Å². The van der Waals surface area contributed by atoms with Gasteiger partial charge in [-0.1, -0.05) is 5.21 Å². The van der Waals surface area contributed by atoms with E-state index in [1.54, 1.807) is 15.8 Å². The summed E-state index contributed by atoms with van der Waals surface area (Å²) in [5.41, 5.74) is 5.84. The average Bonchev–Trinajstić information content (AvgIpc) is 2.86. The largest absolute Gasteiger partial charge is 0.336 e. The van der Waals surface area contributed by atoms with Gasteiger partial charge in [0.1, 0.15) is 0 Å². The summed E-state index contributed by atoms with van der Waals surface area (Å²) in [5.74, 6) is -0.0661. The van der Waals surface area contributed by atoms with E-state index in [4.69, 9.17) is 5.73 Å². The Kier molecular flexibility index (Phi) is 4.49. The van der Waals surface area contributed by atoms with Crippen molar-refractivity contribution in [2.75, 3.05) is 33.7 Å². The number of likely N-dealkylation sites (tertiary alicyclic amines) is 1. The van der Waals surface area contributed by atoms with E-state index in [9.17, 15) is 4.79 Å². The van der Waals surface area contributed by atoms with Gasteiger partial charge in [-0.25, -0.2) is 0 Å². The van der Waals surface area contributed by atoms with Gasteiger partial charge in [-0.15, -0.1) is 5.10 Å². The molecule has 106 valence electrons. The molecule has 0 saturated carbocycles. The van der Waals surface area contributed by atoms with Crippen LogP contribution in [0.2, 0.25) is 0 Å². The number of hydrogen-bond donors (Lipinski definition) is 1. The number of aromatic nitrogens is 3. The molecule has 2 heterocycles. The van der Waals surface area contributed by atoms with Crippen molar-refractivity contribution in [1.82, 2.24) is 24.8 Å². The highest BCUT2D eigenvalue weighted by Crippen LogP contribution is 2.15. The highest BCUT2D eigenvalue weighted by Gasteiger charge is 2.26. The van der Waals surface area contributed by atoms with Gasteiger partial charge in [0.05, 0.1) is 12.7 Å². The maximum atomic E-state index is 12.3. The number of amides is 1. The van der Waals surface area contributed by atoms with E-state index in [2.05, 4.69) is 22.3 Å². The maximum absolute atomic E-state index is 12.3. The zero-order chi connectivity index (χ0) is 13.8. The van der Waals surface area contributed by atoms with Crippen LogP contribution in [0.1, 0.15) is 23.3 Å². The number of likely N-dealkylation sites (N-methyl/N-ethyl adjacent to an activating group) is 2. The van der Waals surface area contributed by atoms with Crippen LogP contribution in [0.5, 0.6) is 0 Å². The molecule has 0 bridgehead atoms. The Morgan fingerprint density at radius 3 is 3.11 bits per heavy atom. The first kappa shape index (κ1) is 14.0. The van der Waals surface area contributed by atoms with E-state index < -0.39 is 0 Å². The first-order valence-corrected chi connectivity index (χ1v) is 6.67. The third kappa shape index (κ3) is 3.30. The van der Waals surface area contributed by atoms with Crippen molar-refractivity contribution in [2.24, 2.45) is 5.73 Å². The van der Waals surface area contributed by atoms with Gasteiger partial charge < -0.3 is 15.5 Å². The Labute approximate surface area is 113 Å². The van der Waals surface area contributed by atoms with E-state index in [1.807, 2.05) is 7.05 Å². The van der Waals surface area contributed by atoms with Crippen molar-refractivity contribution < 1.29 is 4.79 Å². The zero-order valence-electron chi connectivity index (χ0n) is 11.6. The lowest BCUT2D eigenvalue weighted by Crippen LogP contribution is -2.47. The van der Waals surface area contributed by atoms with Crippen LogP contribution >= 0.6 is 0 Å². The van der Waals surface area contributed by atoms with E-state index in [1.165, 1.54) is 0 Å². The fourth-order valence-corrected chi connectivity index (χ4v) is 2.44. The van der Waals surface area contributed by atoms with Crippen molar-refractivity contribution in [1.29, 1.82) is 0 Å². The number of nitrogens with zero attached hydrogens (tertiary/aromatic N) is 5. The molecule has 1 aliphatic rings. The van der Waals surface area contributed by atoms with Crippen LogP contribution in [0.3, 0.4) is 0 Å². The van der Waals surface area contributed by atoms with Gasteiger partial charge in [-0.3, -0.25) is 9.48 Å². The van der Waals surface area contributed by atoms with Gasteiger partial charge in [0, 0.05) is 26.2 Å². The molecule has 1 aliphatic heterocycles. The second-order valence-corrected chi connectivity index (χ2v) is 5.13. The summed E-state index contributed by atoms with van der Waals surface area (Å²) in [7, 11) is 3.93. The normalized spacial score (nSPS) is 20.5. The Bertz CT molecular complexity index is 432. The third-order valence-electron chi connectivity index (χ3n) is 3.58. The summed E-state index contributed by atoms with van der Waals surface area (Å²) in [4.78, 5) is 16.4. The summed E-state index contributed by atoms with van der Waals surface area (Å²) in [5, 5.41) is 7.82. The monoisotopic (exact) mass is 266 g/mol. The van der Waals surface area contributed by atoms with Crippen LogP contribution in [0.4, 0.5) is 0 Å². The standard InChI is InChI=1S/C12H22N6O/c1-16-6-3-4-10(8-16)17(2)12(19)11-9-18(7-5-13)15-14-11/h9-10H,3-8,13H2,1-2H3. The average molecular weight is 266 g/mol. The SMILES string of the molecule is CN1CCCC(N(C)C(=O)c2cn(CCN)nn2)C1. The molecule has 2 N–H and O–H groups in total. The smallest absolute Gasteiger partial charge is 0.276 e. The van der Waals surface area contributed by atoms with Crippen molar-refractivity contribution in [2.45, 2.75) is 25.4 Å². The predicted octanol–water partition coefficient (Wildman–Crippen LogP) is -0.597. The molecule has 0 spiro atoms. The molecule has 0 aliphatic carbocycles. The minimum atomic E-state index is -0.0661. The van der Waals surface area contributed by atoms with Crippen molar-refractivity contribution in [3.8, 4) is 0 Å². The minimum Gasteiger partial charge on any atom is -0.336 e. The lowest BCUT2D eigenvalue weighted by atomic mass is 10.0. The molecule has 7 nitrogen and oxygen atoms in total. The Morgan fingerprint density at radius 1 is 1.63 bits per heavy atom. The number of rotatable bonds is 4. The van der Waals surface area contributed by atoms with Crippen LogP contribution in [0, 0.1) is 0 Å². The zero-order valence-corrected chi connectivity index (χ0v) is 11.6. The van der Waals surface area contributed by atoms with Crippen LogP contribution in [0.25, 0.3) is 0 Å². The van der Waals surface area contributed by atoms with Gasteiger partial charge in [0.2, 0.25) is 0 Å². The quantitative estimate of drug-likeness (QED) is 0.787. The van der Waals surface area contributed by atoms with Crippen LogP contribution in [-0.4, -0.2) is 70.5 Å². The summed E-state index contributed by atoms with van der Waals surface area (Å²) in [6.45, 7) is 3.08. The molecule has 1 saturated heterocycles. The van der Waals surface area contributed by atoms with Crippen LogP contribution < -0.4 is 5.73 Å². The molecule has 0 aromatic carbocycles. The van der Waals surface area contributed by atoms with E-state index in [-0.39, 0.29) is 11.9 Å². The molecule has 0 radical (unpaired) electrons. The molecule has 1 aromatic rings. The summed E-state index contributed by atoms with van der Waals surface area (Å²) < 4.78 is 1.61. The fourth-order valence-electron chi connectivity index (χ4n) is 2.44. The predicted molar refractivity (Wildman–Crippen MR) is 71.7 cm³/mol. The topological polar surface area (TPSA) is 80.3 Å². The molecular formula is C12H22N6O. The number of piperidine rings is 1. The molecule has 7 heteroatoms. The molecule has 1 atom stereocenters. The Hall–Kier alpha value is -1.47. The van der Waals surface area contributed by atoms with Gasteiger partial charge in [0.15, 0.2) is 5.69 Å². The highest BCUT2D eigenvalue weighted by molar-refractivity contribution is 5.91. The van der Waals surface area contributed by atoms with E-state index >= 15 is 0 Å². The van der Waals surface area contributed by atoms with Crippen LogP contribution in [-0.2, 0) is 6.54 Å². The highest BCUT2D eigenvalue weighted by atomic mass is 16.2. The van der Waals surface area contributed by atoms with Crippen molar-refractivity contribution >= 4 is 5.91 Å². The molecule has 1 amide bonds. The first-order valence-electron chi connectivity index (χ1n) is 6.67. The minimum absolute atomic E-state index is 0.0661. The molecule has 1 unspecified atom stereocenters. The molecule has 1 fully saturated rings. The van der Waals surface area contributed by atoms with Gasteiger partial charge >= 0.3 is 0 Å². The molecule has 19 heavy (non-hydrogen) atoms. The first-order chi connectivity index (χ1) is 9.11. The van der Waals surface area contributed by atoms with E-state index in [0.29, 0.717) is 18.8 Å². The lowest BCUT2D eigenvalue weighted by Gasteiger charge is -2.35. The molecule has 2 rings (SSSR count). The third-order valence-corrected chi connectivity index (χ3v) is 3.58. The van der Waals surface area contributed by atoms with E-state index in [0.717, 1.165) is 25.9 Å². The molecular weight excluding hydrogens is 244 g/mol. The second-order valence-electron chi connectivity index (χ2n) is 5.13. The number of carbonyl (C=O) groups is 1.